The number of ether oxygens (including phenoxy) is 2. The number of phosphoric ester groups is 1. The third-order valence-electron chi connectivity index (χ3n) is 8.31. The summed E-state index contributed by atoms with van der Waals surface area (Å²) in [5.41, 5.74) is 0. The third kappa shape index (κ3) is 39.4. The molecule has 0 spiro atoms. The Balaban J connectivity index is 4.43. The highest BCUT2D eigenvalue weighted by Crippen LogP contribution is 2.43. The number of hydrogen-bond donors (Lipinski definition) is 3. The first-order valence-electron chi connectivity index (χ1n) is 20.9. The van der Waals surface area contributed by atoms with Gasteiger partial charge in [-0.25, -0.2) is 4.57 Å². The Labute approximate surface area is 333 Å². The maximum Gasteiger partial charge on any atom is 0.472 e. The highest BCUT2D eigenvalue weighted by Gasteiger charge is 2.27. The summed E-state index contributed by atoms with van der Waals surface area (Å²) in [6.07, 6.45) is 44.3. The van der Waals surface area contributed by atoms with Gasteiger partial charge in [-0.3, -0.25) is 18.6 Å². The van der Waals surface area contributed by atoms with Crippen molar-refractivity contribution in [2.75, 3.05) is 26.4 Å². The monoisotopic (exact) mass is 795 g/mol. The average Bonchev–Trinajstić information content (AvgIpc) is 3.17. The Morgan fingerprint density at radius 3 is 1.51 bits per heavy atom. The van der Waals surface area contributed by atoms with Crippen LogP contribution in [-0.2, 0) is 32.7 Å². The second-order valence-corrected chi connectivity index (χ2v) is 15.1. The lowest BCUT2D eigenvalue weighted by Gasteiger charge is -2.20. The van der Waals surface area contributed by atoms with E-state index in [0.717, 1.165) is 89.9 Å². The van der Waals surface area contributed by atoms with Gasteiger partial charge in [-0.05, 0) is 83.5 Å². The maximum atomic E-state index is 12.6. The summed E-state index contributed by atoms with van der Waals surface area (Å²) in [5.74, 6) is -0.984. The molecular formula is C44H75O10P. The standard InChI is InChI=1S/C44H75O10P/c1-3-5-7-9-11-13-15-17-19-20-22-24-26-28-30-32-34-36-44(48)54-42(40-53-55(49,50)52-38-41(46)37-45)39-51-43(47)35-33-31-29-27-25-23-21-18-16-14-12-10-8-6-4-2/h7,9,12-15,18-21,24,26,41-42,45-46H,3-6,8,10-11,16-17,22-23,25,27-40H2,1-2H3,(H,49,50)/b9-7+,14-12+,15-13+,20-19+,21-18+,26-24+/t41-,42+/m0/s1. The number of carbonyl (C=O) groups is 2. The van der Waals surface area contributed by atoms with E-state index >= 15 is 0 Å². The molecule has 0 saturated heterocycles. The highest BCUT2D eigenvalue weighted by atomic mass is 31.2. The van der Waals surface area contributed by atoms with Crippen LogP contribution in [0.2, 0.25) is 0 Å². The minimum atomic E-state index is -4.63. The second kappa shape index (κ2) is 39.6. The minimum Gasteiger partial charge on any atom is -0.462 e. The van der Waals surface area contributed by atoms with Gasteiger partial charge >= 0.3 is 19.8 Å². The smallest absolute Gasteiger partial charge is 0.462 e. The zero-order valence-electron chi connectivity index (χ0n) is 34.1. The summed E-state index contributed by atoms with van der Waals surface area (Å²) < 4.78 is 32.6. The molecule has 10 nitrogen and oxygen atoms in total. The van der Waals surface area contributed by atoms with E-state index in [4.69, 9.17) is 19.1 Å². The van der Waals surface area contributed by atoms with Gasteiger partial charge in [0.25, 0.3) is 0 Å². The van der Waals surface area contributed by atoms with Crippen LogP contribution in [0.25, 0.3) is 0 Å². The van der Waals surface area contributed by atoms with Crippen molar-refractivity contribution in [3.8, 4) is 0 Å². The van der Waals surface area contributed by atoms with E-state index in [9.17, 15) is 24.2 Å². The summed E-state index contributed by atoms with van der Waals surface area (Å²) in [5, 5.41) is 18.3. The summed E-state index contributed by atoms with van der Waals surface area (Å²) in [6, 6.07) is 0. The fourth-order valence-electron chi connectivity index (χ4n) is 5.07. The van der Waals surface area contributed by atoms with Crippen molar-refractivity contribution >= 4 is 19.8 Å². The minimum absolute atomic E-state index is 0.140. The molecule has 0 aliphatic rings. The first-order valence-corrected chi connectivity index (χ1v) is 22.4. The SMILES string of the molecule is CCC/C=C/C/C=C/C/C=C/C/C=C/CCCCCC(=O)O[C@H](COC(=O)CCCCCCC/C=C/C/C=C/CCCCC)COP(=O)(O)OC[C@@H](O)CO. The van der Waals surface area contributed by atoms with Gasteiger partial charge in [0.1, 0.15) is 12.7 Å². The van der Waals surface area contributed by atoms with Crippen molar-refractivity contribution in [1.82, 2.24) is 0 Å². The number of unbranched alkanes of at least 4 members (excludes halogenated alkanes) is 12. The Hall–Kier alpha value is -2.59. The van der Waals surface area contributed by atoms with Gasteiger partial charge in [0.2, 0.25) is 0 Å². The molecule has 0 saturated carbocycles. The number of allylic oxidation sites excluding steroid dienone is 12. The fraction of sp³-hybridized carbons (Fsp3) is 0.682. The van der Waals surface area contributed by atoms with Crippen LogP contribution in [0.3, 0.4) is 0 Å². The molecule has 0 heterocycles. The number of carbonyl (C=O) groups excluding carboxylic acids is 2. The van der Waals surface area contributed by atoms with Crippen molar-refractivity contribution in [2.45, 2.75) is 167 Å². The molecule has 1 unspecified atom stereocenters. The van der Waals surface area contributed by atoms with Gasteiger partial charge in [0.15, 0.2) is 6.10 Å². The van der Waals surface area contributed by atoms with Crippen LogP contribution >= 0.6 is 7.82 Å². The molecule has 3 N–H and O–H groups in total. The van der Waals surface area contributed by atoms with Crippen molar-refractivity contribution in [3.63, 3.8) is 0 Å². The number of esters is 2. The molecule has 0 aliphatic heterocycles. The lowest BCUT2D eigenvalue weighted by molar-refractivity contribution is -0.161. The third-order valence-corrected chi connectivity index (χ3v) is 9.27. The first kappa shape index (κ1) is 52.4. The predicted octanol–water partition coefficient (Wildman–Crippen LogP) is 10.9. The molecule has 0 bridgehead atoms. The fourth-order valence-corrected chi connectivity index (χ4v) is 5.86. The quantitative estimate of drug-likeness (QED) is 0.0239. The summed E-state index contributed by atoms with van der Waals surface area (Å²) in [6.45, 7) is 2.21. The molecule has 3 atom stereocenters. The lowest BCUT2D eigenvalue weighted by Crippen LogP contribution is -2.29. The summed E-state index contributed by atoms with van der Waals surface area (Å²) in [7, 11) is -4.63. The van der Waals surface area contributed by atoms with Gasteiger partial charge in [-0.2, -0.15) is 0 Å². The largest absolute Gasteiger partial charge is 0.472 e. The molecule has 0 amide bonds. The normalized spacial score (nSPS) is 14.6. The van der Waals surface area contributed by atoms with Gasteiger partial charge < -0.3 is 24.6 Å². The van der Waals surface area contributed by atoms with Gasteiger partial charge in [-0.1, -0.05) is 132 Å². The van der Waals surface area contributed by atoms with Crippen molar-refractivity contribution < 1.29 is 47.8 Å². The van der Waals surface area contributed by atoms with Crippen LogP contribution in [-0.4, -0.2) is 65.7 Å². The second-order valence-electron chi connectivity index (χ2n) is 13.7. The van der Waals surface area contributed by atoms with Crippen LogP contribution in [0.1, 0.15) is 155 Å². The molecule has 0 aromatic carbocycles. The van der Waals surface area contributed by atoms with E-state index < -0.39 is 51.8 Å². The molecule has 0 rings (SSSR count). The van der Waals surface area contributed by atoms with Crippen molar-refractivity contribution in [2.24, 2.45) is 0 Å². The Bertz CT molecular complexity index is 1140. The van der Waals surface area contributed by atoms with Crippen LogP contribution in [0, 0.1) is 0 Å². The summed E-state index contributed by atoms with van der Waals surface area (Å²) >= 11 is 0. The van der Waals surface area contributed by atoms with Crippen LogP contribution < -0.4 is 0 Å². The number of rotatable bonds is 38. The van der Waals surface area contributed by atoms with E-state index in [2.05, 4.69) is 91.3 Å². The van der Waals surface area contributed by atoms with E-state index in [0.29, 0.717) is 12.8 Å². The zero-order chi connectivity index (χ0) is 40.5. The molecule has 316 valence electrons. The number of aliphatic hydroxyl groups excluding tert-OH is 2. The maximum absolute atomic E-state index is 12.6. The Morgan fingerprint density at radius 1 is 0.545 bits per heavy atom. The average molecular weight is 795 g/mol. The molecule has 0 fully saturated rings. The topological polar surface area (TPSA) is 149 Å². The van der Waals surface area contributed by atoms with E-state index in [1.54, 1.807) is 0 Å². The lowest BCUT2D eigenvalue weighted by atomic mass is 10.1. The zero-order valence-corrected chi connectivity index (χ0v) is 35.0. The molecular weight excluding hydrogens is 719 g/mol. The van der Waals surface area contributed by atoms with Crippen LogP contribution in [0.4, 0.5) is 0 Å². The van der Waals surface area contributed by atoms with E-state index in [1.165, 1.54) is 25.7 Å². The first-order chi connectivity index (χ1) is 26.7. The summed E-state index contributed by atoms with van der Waals surface area (Å²) in [4.78, 5) is 34.9. The predicted molar refractivity (Wildman–Crippen MR) is 223 cm³/mol. The molecule has 0 radical (unpaired) electrons. The molecule has 0 aromatic rings. The number of hydrogen-bond acceptors (Lipinski definition) is 9. The molecule has 0 aliphatic carbocycles. The van der Waals surface area contributed by atoms with E-state index in [1.807, 2.05) is 0 Å². The van der Waals surface area contributed by atoms with Crippen LogP contribution in [0.5, 0.6) is 0 Å². The van der Waals surface area contributed by atoms with Gasteiger partial charge in [-0.15, -0.1) is 0 Å². The van der Waals surface area contributed by atoms with Crippen molar-refractivity contribution in [1.29, 1.82) is 0 Å². The molecule has 55 heavy (non-hydrogen) atoms. The van der Waals surface area contributed by atoms with Gasteiger partial charge in [0, 0.05) is 12.8 Å². The van der Waals surface area contributed by atoms with E-state index in [-0.39, 0.29) is 19.4 Å². The molecule has 11 heteroatoms. The Morgan fingerprint density at radius 2 is 0.982 bits per heavy atom. The number of phosphoric acid groups is 1. The van der Waals surface area contributed by atoms with Gasteiger partial charge in [0.05, 0.1) is 19.8 Å². The highest BCUT2D eigenvalue weighted by molar-refractivity contribution is 7.47. The molecule has 0 aromatic heterocycles. The Kier molecular flexibility index (Phi) is 37.8. The van der Waals surface area contributed by atoms with Crippen LogP contribution in [0.15, 0.2) is 72.9 Å². The van der Waals surface area contributed by atoms with Crippen molar-refractivity contribution in [3.05, 3.63) is 72.9 Å². The number of aliphatic hydroxyl groups is 2.